The van der Waals surface area contributed by atoms with Gasteiger partial charge in [0.15, 0.2) is 0 Å². The van der Waals surface area contributed by atoms with E-state index in [2.05, 4.69) is 4.98 Å². The molecule has 7 heteroatoms. The van der Waals surface area contributed by atoms with Gasteiger partial charge in [0.05, 0.1) is 12.6 Å². The van der Waals surface area contributed by atoms with Gasteiger partial charge in [-0.05, 0) is 17.7 Å². The number of H-pyrrole nitrogens is 1. The van der Waals surface area contributed by atoms with Gasteiger partial charge in [-0.25, -0.2) is 4.39 Å². The Morgan fingerprint density at radius 3 is 2.38 bits per heavy atom. The summed E-state index contributed by atoms with van der Waals surface area (Å²) in [5.41, 5.74) is -0.571. The third-order valence-electron chi connectivity index (χ3n) is 3.90. The molecule has 2 aromatic carbocycles. The van der Waals surface area contributed by atoms with E-state index in [0.29, 0.717) is 16.7 Å². The van der Waals surface area contributed by atoms with Gasteiger partial charge in [-0.15, -0.1) is 0 Å². The van der Waals surface area contributed by atoms with Crippen LogP contribution in [0, 0.1) is 11.3 Å². The summed E-state index contributed by atoms with van der Waals surface area (Å²) < 4.78 is 59.1. The fourth-order valence-corrected chi connectivity index (χ4v) is 2.77. The lowest BCUT2D eigenvalue weighted by molar-refractivity contribution is -0.107. The first-order chi connectivity index (χ1) is 12.4. The molecule has 26 heavy (non-hydrogen) atoms. The molecule has 1 N–H and O–H groups in total. The Morgan fingerprint density at radius 2 is 1.81 bits per heavy atom. The van der Waals surface area contributed by atoms with Gasteiger partial charge in [0.25, 0.3) is 0 Å². The molecule has 0 spiro atoms. The summed E-state index contributed by atoms with van der Waals surface area (Å²) in [7, 11) is 1.44. The van der Waals surface area contributed by atoms with Gasteiger partial charge in [-0.1, -0.05) is 30.3 Å². The van der Waals surface area contributed by atoms with Crippen LogP contribution < -0.4 is 4.74 Å². The van der Waals surface area contributed by atoms with Crippen LogP contribution in [-0.4, -0.2) is 18.3 Å². The Labute approximate surface area is 146 Å². The first kappa shape index (κ1) is 17.5. The Kier molecular flexibility index (Phi) is 4.43. The van der Waals surface area contributed by atoms with Gasteiger partial charge in [0.1, 0.15) is 17.5 Å². The normalized spacial score (nSPS) is 12.6. The molecular formula is C19H12F4N2O. The lowest BCUT2D eigenvalue weighted by Gasteiger charge is -2.13. The number of nitrogens with one attached hydrogen (secondary N) is 1. The first-order valence-corrected chi connectivity index (χ1v) is 7.49. The van der Waals surface area contributed by atoms with E-state index in [1.54, 1.807) is 6.07 Å². The van der Waals surface area contributed by atoms with E-state index in [-0.39, 0.29) is 16.8 Å². The van der Waals surface area contributed by atoms with Crippen LogP contribution in [0.15, 0.2) is 54.4 Å². The van der Waals surface area contributed by atoms with Crippen LogP contribution >= 0.6 is 0 Å². The van der Waals surface area contributed by atoms with Crippen molar-refractivity contribution in [3.63, 3.8) is 0 Å². The molecule has 0 saturated heterocycles. The summed E-state index contributed by atoms with van der Waals surface area (Å²) in [5.74, 6) is -1.80. The Hall–Kier alpha value is -3.27. The minimum atomic E-state index is -5.19. The molecule has 0 radical (unpaired) electrons. The standard InChI is InChI=1S/C19H12F4N2O/c1-26-12-7-8-13-14(9-12)25-15(10-24)17(13)16(18(20)19(21,22)23)11-5-3-2-4-6-11/h2-9,25H,1H3/b18-16-. The van der Waals surface area contributed by atoms with E-state index >= 15 is 0 Å². The van der Waals surface area contributed by atoms with Gasteiger partial charge >= 0.3 is 6.18 Å². The topological polar surface area (TPSA) is 48.8 Å². The van der Waals surface area contributed by atoms with Gasteiger partial charge in [-0.2, -0.15) is 18.4 Å². The van der Waals surface area contributed by atoms with E-state index in [1.807, 2.05) is 6.07 Å². The second-order valence-electron chi connectivity index (χ2n) is 5.45. The Morgan fingerprint density at radius 1 is 1.12 bits per heavy atom. The molecule has 3 rings (SSSR count). The number of aromatic nitrogens is 1. The minimum absolute atomic E-state index is 0.0237. The molecule has 0 aliphatic heterocycles. The molecule has 0 fully saturated rings. The largest absolute Gasteiger partial charge is 0.497 e. The molecule has 3 aromatic rings. The fourth-order valence-electron chi connectivity index (χ4n) is 2.77. The van der Waals surface area contributed by atoms with Crippen LogP contribution in [0.25, 0.3) is 16.5 Å². The zero-order valence-electron chi connectivity index (χ0n) is 13.5. The van der Waals surface area contributed by atoms with Gasteiger partial charge < -0.3 is 9.72 Å². The Bertz CT molecular complexity index is 1030. The predicted molar refractivity (Wildman–Crippen MR) is 89.2 cm³/mol. The van der Waals surface area contributed by atoms with Crippen molar-refractivity contribution in [1.29, 1.82) is 5.26 Å². The number of nitrogens with zero attached hydrogens (tertiary/aromatic N) is 1. The van der Waals surface area contributed by atoms with Crippen molar-refractivity contribution in [3.05, 3.63) is 71.2 Å². The second-order valence-corrected chi connectivity index (χ2v) is 5.45. The summed E-state index contributed by atoms with van der Waals surface area (Å²) >= 11 is 0. The first-order valence-electron chi connectivity index (χ1n) is 7.49. The van der Waals surface area contributed by atoms with Crippen LogP contribution in [0.2, 0.25) is 0 Å². The molecule has 0 aliphatic rings. The SMILES string of the molecule is COc1ccc2c(/C(=C(\F)C(F)(F)F)c3ccccc3)c(C#N)[nH]c2c1. The molecule has 1 heterocycles. The number of fused-ring (bicyclic) bond motifs is 1. The molecule has 1 aromatic heterocycles. The molecule has 0 amide bonds. The summed E-state index contributed by atoms with van der Waals surface area (Å²) in [5, 5.41) is 9.68. The zero-order valence-corrected chi connectivity index (χ0v) is 13.5. The van der Waals surface area contributed by atoms with E-state index in [0.717, 1.165) is 0 Å². The van der Waals surface area contributed by atoms with Crippen LogP contribution in [0.3, 0.4) is 0 Å². The lowest BCUT2D eigenvalue weighted by Crippen LogP contribution is -2.11. The highest BCUT2D eigenvalue weighted by atomic mass is 19.4. The molecule has 0 atom stereocenters. The third kappa shape index (κ3) is 3.02. The number of nitriles is 1. The average molecular weight is 360 g/mol. The number of hydrogen-bond acceptors (Lipinski definition) is 2. The molecular weight excluding hydrogens is 348 g/mol. The number of halogens is 4. The van der Waals surface area contributed by atoms with Crippen molar-refractivity contribution in [2.24, 2.45) is 0 Å². The number of hydrogen-bond donors (Lipinski definition) is 1. The number of alkyl halides is 3. The summed E-state index contributed by atoms with van der Waals surface area (Å²) in [6.07, 6.45) is -5.19. The van der Waals surface area contributed by atoms with E-state index in [4.69, 9.17) is 4.74 Å². The minimum Gasteiger partial charge on any atom is -0.497 e. The average Bonchev–Trinajstić information content (AvgIpc) is 2.99. The maximum Gasteiger partial charge on any atom is 0.443 e. The van der Waals surface area contributed by atoms with Crippen molar-refractivity contribution in [2.75, 3.05) is 7.11 Å². The highest BCUT2D eigenvalue weighted by molar-refractivity contribution is 6.00. The molecule has 132 valence electrons. The number of allylic oxidation sites excluding steroid dienone is 1. The van der Waals surface area contributed by atoms with Crippen molar-refractivity contribution in [1.82, 2.24) is 4.98 Å². The van der Waals surface area contributed by atoms with Crippen LogP contribution in [0.1, 0.15) is 16.8 Å². The van der Waals surface area contributed by atoms with Crippen LogP contribution in [-0.2, 0) is 0 Å². The summed E-state index contributed by atoms with van der Waals surface area (Å²) in [6, 6.07) is 13.7. The molecule has 3 nitrogen and oxygen atoms in total. The maximum absolute atomic E-state index is 14.4. The Balaban J connectivity index is 2.41. The summed E-state index contributed by atoms with van der Waals surface area (Å²) in [6.45, 7) is 0. The number of benzene rings is 2. The van der Waals surface area contributed by atoms with Gasteiger partial charge in [0.2, 0.25) is 5.83 Å². The predicted octanol–water partition coefficient (Wildman–Crippen LogP) is 5.34. The van der Waals surface area contributed by atoms with Crippen molar-refractivity contribution in [2.45, 2.75) is 6.18 Å². The van der Waals surface area contributed by atoms with Crippen LogP contribution in [0.4, 0.5) is 17.6 Å². The maximum atomic E-state index is 14.4. The number of aromatic amines is 1. The van der Waals surface area contributed by atoms with Crippen molar-refractivity contribution >= 4 is 16.5 Å². The molecule has 0 bridgehead atoms. The lowest BCUT2D eigenvalue weighted by atomic mass is 9.94. The van der Waals surface area contributed by atoms with Gasteiger partial charge in [0, 0.05) is 22.6 Å². The van der Waals surface area contributed by atoms with E-state index in [1.165, 1.54) is 49.6 Å². The third-order valence-corrected chi connectivity index (χ3v) is 3.90. The molecule has 0 saturated carbocycles. The highest BCUT2D eigenvalue weighted by Gasteiger charge is 2.39. The fraction of sp³-hybridized carbons (Fsp3) is 0.105. The monoisotopic (exact) mass is 360 g/mol. The smallest absolute Gasteiger partial charge is 0.443 e. The quantitative estimate of drug-likeness (QED) is 0.641. The highest BCUT2D eigenvalue weighted by Crippen LogP contribution is 2.41. The second kappa shape index (κ2) is 6.56. The molecule has 0 unspecified atom stereocenters. The van der Waals surface area contributed by atoms with E-state index < -0.39 is 17.6 Å². The molecule has 0 aliphatic carbocycles. The van der Waals surface area contributed by atoms with E-state index in [9.17, 15) is 22.8 Å². The zero-order chi connectivity index (χ0) is 18.9. The number of rotatable bonds is 3. The van der Waals surface area contributed by atoms with Crippen molar-refractivity contribution < 1.29 is 22.3 Å². The van der Waals surface area contributed by atoms with Gasteiger partial charge in [-0.3, -0.25) is 0 Å². The van der Waals surface area contributed by atoms with Crippen LogP contribution in [0.5, 0.6) is 5.75 Å². The number of ether oxygens (including phenoxy) is 1. The van der Waals surface area contributed by atoms with Crippen molar-refractivity contribution in [3.8, 4) is 11.8 Å². The number of methoxy groups -OCH3 is 1. The summed E-state index contributed by atoms with van der Waals surface area (Å²) in [4.78, 5) is 2.74.